The molecule has 0 radical (unpaired) electrons. The first-order valence-electron chi connectivity index (χ1n) is 12.1. The molecular formula is C33H28O4. The van der Waals surface area contributed by atoms with Crippen molar-refractivity contribution in [2.24, 2.45) is 0 Å². The monoisotopic (exact) mass is 488 g/mol. The molecule has 0 bridgehead atoms. The third-order valence-corrected chi connectivity index (χ3v) is 5.81. The van der Waals surface area contributed by atoms with E-state index in [0.29, 0.717) is 29.0 Å². The topological polar surface area (TPSA) is 52.6 Å². The highest BCUT2D eigenvalue weighted by Crippen LogP contribution is 2.27. The van der Waals surface area contributed by atoms with Gasteiger partial charge in [0.05, 0.1) is 11.1 Å². The largest absolute Gasteiger partial charge is 0.422 e. The fourth-order valence-corrected chi connectivity index (χ4v) is 4.12. The molecule has 4 aromatic rings. The highest BCUT2D eigenvalue weighted by atomic mass is 16.5. The second-order valence-corrected chi connectivity index (χ2v) is 8.42. The third-order valence-electron chi connectivity index (χ3n) is 5.81. The Morgan fingerprint density at radius 2 is 1.27 bits per heavy atom. The molecule has 4 nitrogen and oxygen atoms in total. The van der Waals surface area contributed by atoms with Crippen molar-refractivity contribution in [1.82, 2.24) is 0 Å². The van der Waals surface area contributed by atoms with Crippen molar-refractivity contribution in [2.75, 3.05) is 0 Å². The van der Waals surface area contributed by atoms with Gasteiger partial charge in [-0.15, -0.1) is 6.58 Å². The van der Waals surface area contributed by atoms with Gasteiger partial charge in [0.2, 0.25) is 0 Å². The van der Waals surface area contributed by atoms with Crippen LogP contribution in [0.5, 0.6) is 11.5 Å². The molecule has 0 atom stereocenters. The fraction of sp³-hybridized carbons (Fsp3) is 0.0909. The standard InChI is InChI=1S/C33H28O4/c1-4-11-23-14-7-9-16-30(23)36-32(34)26-18-19-29-25(13-6-3)20-28(22-27(29)21-26)33(35)37-31-17-10-8-15-24(31)12-5-2/h4-12,14-22H,3,13H2,1-2H3/b11-4-,12-5-. The van der Waals surface area contributed by atoms with E-state index < -0.39 is 11.9 Å². The van der Waals surface area contributed by atoms with Crippen molar-refractivity contribution in [1.29, 1.82) is 0 Å². The van der Waals surface area contributed by atoms with Gasteiger partial charge in [0, 0.05) is 11.1 Å². The second kappa shape index (κ2) is 11.8. The summed E-state index contributed by atoms with van der Waals surface area (Å²) in [7, 11) is 0. The van der Waals surface area contributed by atoms with E-state index >= 15 is 0 Å². The third kappa shape index (κ3) is 5.93. The quantitative estimate of drug-likeness (QED) is 0.143. The van der Waals surface area contributed by atoms with Gasteiger partial charge in [0.15, 0.2) is 0 Å². The van der Waals surface area contributed by atoms with Crippen molar-refractivity contribution in [2.45, 2.75) is 20.3 Å². The number of hydrogen-bond donors (Lipinski definition) is 0. The predicted octanol–water partition coefficient (Wildman–Crippen LogP) is 8.07. The summed E-state index contributed by atoms with van der Waals surface area (Å²) in [6.07, 6.45) is 9.90. The molecule has 0 heterocycles. The molecule has 0 aliphatic heterocycles. The number of allylic oxidation sites excluding steroid dienone is 3. The fourth-order valence-electron chi connectivity index (χ4n) is 4.12. The first-order chi connectivity index (χ1) is 18.0. The minimum Gasteiger partial charge on any atom is -0.422 e. The van der Waals surface area contributed by atoms with E-state index in [1.54, 1.807) is 36.4 Å². The van der Waals surface area contributed by atoms with Gasteiger partial charge in [0.25, 0.3) is 0 Å². The first kappa shape index (κ1) is 25.4. The van der Waals surface area contributed by atoms with Gasteiger partial charge in [-0.3, -0.25) is 0 Å². The molecule has 0 aliphatic rings. The Morgan fingerprint density at radius 1 is 0.730 bits per heavy atom. The van der Waals surface area contributed by atoms with E-state index in [1.165, 1.54) is 0 Å². The van der Waals surface area contributed by atoms with Crippen molar-refractivity contribution < 1.29 is 19.1 Å². The normalized spacial score (nSPS) is 11.2. The number of carbonyl (C=O) groups excluding carboxylic acids is 2. The first-order valence-corrected chi connectivity index (χ1v) is 12.1. The van der Waals surface area contributed by atoms with Crippen LogP contribution in [0.15, 0.2) is 104 Å². The summed E-state index contributed by atoms with van der Waals surface area (Å²) in [6.45, 7) is 7.66. The van der Waals surface area contributed by atoms with Gasteiger partial charge in [-0.25, -0.2) is 9.59 Å². The Hall–Kier alpha value is -4.70. The summed E-state index contributed by atoms with van der Waals surface area (Å²) in [5, 5.41) is 1.67. The van der Waals surface area contributed by atoms with Crippen molar-refractivity contribution >= 4 is 34.9 Å². The number of rotatable bonds is 8. The van der Waals surface area contributed by atoms with Gasteiger partial charge in [0.1, 0.15) is 11.5 Å². The van der Waals surface area contributed by atoms with Gasteiger partial charge in [-0.1, -0.05) is 72.8 Å². The summed E-state index contributed by atoms with van der Waals surface area (Å²) in [4.78, 5) is 26.2. The lowest BCUT2D eigenvalue weighted by atomic mass is 9.97. The average Bonchev–Trinajstić information content (AvgIpc) is 2.91. The Morgan fingerprint density at radius 3 is 1.84 bits per heavy atom. The molecule has 0 N–H and O–H groups in total. The van der Waals surface area contributed by atoms with Crippen LogP contribution in [-0.2, 0) is 6.42 Å². The molecule has 0 aliphatic carbocycles. The van der Waals surface area contributed by atoms with E-state index in [4.69, 9.17) is 9.47 Å². The molecule has 37 heavy (non-hydrogen) atoms. The number of fused-ring (bicyclic) bond motifs is 1. The maximum atomic E-state index is 13.2. The molecule has 0 saturated carbocycles. The van der Waals surface area contributed by atoms with Crippen LogP contribution in [0.1, 0.15) is 51.3 Å². The van der Waals surface area contributed by atoms with Crippen LogP contribution in [0.25, 0.3) is 22.9 Å². The molecule has 0 spiro atoms. The Kier molecular flexibility index (Phi) is 8.11. The van der Waals surface area contributed by atoms with Gasteiger partial charge in [-0.05, 0) is 73.0 Å². The highest BCUT2D eigenvalue weighted by Gasteiger charge is 2.16. The average molecular weight is 489 g/mol. The molecule has 0 aromatic heterocycles. The highest BCUT2D eigenvalue weighted by molar-refractivity contribution is 6.01. The number of hydrogen-bond acceptors (Lipinski definition) is 4. The van der Waals surface area contributed by atoms with Crippen molar-refractivity contribution in [3.8, 4) is 11.5 Å². The lowest BCUT2D eigenvalue weighted by molar-refractivity contribution is 0.0725. The molecule has 184 valence electrons. The number of esters is 2. The predicted molar refractivity (Wildman–Crippen MR) is 150 cm³/mol. The maximum Gasteiger partial charge on any atom is 0.343 e. The van der Waals surface area contributed by atoms with E-state index in [-0.39, 0.29) is 0 Å². The van der Waals surface area contributed by atoms with Crippen LogP contribution in [0.2, 0.25) is 0 Å². The van der Waals surface area contributed by atoms with Crippen LogP contribution in [0, 0.1) is 0 Å². The summed E-state index contributed by atoms with van der Waals surface area (Å²) in [6, 6.07) is 23.6. The molecule has 0 unspecified atom stereocenters. The van der Waals surface area contributed by atoms with Crippen LogP contribution in [-0.4, -0.2) is 11.9 Å². The van der Waals surface area contributed by atoms with E-state index in [0.717, 1.165) is 27.5 Å². The zero-order chi connectivity index (χ0) is 26.2. The molecule has 4 rings (SSSR count). The Balaban J connectivity index is 1.69. The minimum atomic E-state index is -0.475. The van der Waals surface area contributed by atoms with Crippen molar-refractivity contribution in [3.05, 3.63) is 131 Å². The van der Waals surface area contributed by atoms with Crippen LogP contribution >= 0.6 is 0 Å². The second-order valence-electron chi connectivity index (χ2n) is 8.42. The number of para-hydroxylation sites is 2. The number of ether oxygens (including phenoxy) is 2. The lowest BCUT2D eigenvalue weighted by Gasteiger charge is -2.12. The van der Waals surface area contributed by atoms with Crippen molar-refractivity contribution in [3.63, 3.8) is 0 Å². The Bertz CT molecular complexity index is 1520. The molecule has 0 amide bonds. The van der Waals surface area contributed by atoms with E-state index in [2.05, 4.69) is 6.58 Å². The molecule has 4 aromatic carbocycles. The van der Waals surface area contributed by atoms with Crippen LogP contribution in [0.3, 0.4) is 0 Å². The van der Waals surface area contributed by atoms with Crippen LogP contribution in [0.4, 0.5) is 0 Å². The molecular weight excluding hydrogens is 460 g/mol. The van der Waals surface area contributed by atoms with Gasteiger partial charge < -0.3 is 9.47 Å². The Labute approximate surface area is 217 Å². The van der Waals surface area contributed by atoms with E-state index in [9.17, 15) is 9.59 Å². The van der Waals surface area contributed by atoms with E-state index in [1.807, 2.05) is 86.7 Å². The zero-order valence-corrected chi connectivity index (χ0v) is 20.9. The summed E-state index contributed by atoms with van der Waals surface area (Å²) < 4.78 is 11.4. The molecule has 0 fully saturated rings. The number of benzene rings is 4. The minimum absolute atomic E-state index is 0.385. The summed E-state index contributed by atoms with van der Waals surface area (Å²) in [5.74, 6) is 0.0121. The SMILES string of the molecule is C=CCc1cc(C(=O)Oc2ccccc2/C=C\C)cc2cc(C(=O)Oc3ccccc3/C=C\C)ccc12. The number of carbonyl (C=O) groups is 2. The smallest absolute Gasteiger partial charge is 0.343 e. The zero-order valence-electron chi connectivity index (χ0n) is 20.9. The summed E-state index contributed by atoms with van der Waals surface area (Å²) in [5.41, 5.74) is 3.32. The molecule has 4 heteroatoms. The van der Waals surface area contributed by atoms with Crippen LogP contribution < -0.4 is 9.47 Å². The summed E-state index contributed by atoms with van der Waals surface area (Å²) >= 11 is 0. The maximum absolute atomic E-state index is 13.2. The van der Waals surface area contributed by atoms with Gasteiger partial charge in [-0.2, -0.15) is 0 Å². The van der Waals surface area contributed by atoms with Gasteiger partial charge >= 0.3 is 11.9 Å². The molecule has 0 saturated heterocycles. The lowest BCUT2D eigenvalue weighted by Crippen LogP contribution is -2.11.